The summed E-state index contributed by atoms with van der Waals surface area (Å²) >= 11 is 0. The van der Waals surface area contributed by atoms with Gasteiger partial charge in [0.25, 0.3) is 0 Å². The average Bonchev–Trinajstić information content (AvgIpc) is 2.36. The van der Waals surface area contributed by atoms with Gasteiger partial charge in [0.2, 0.25) is 0 Å². The number of hydrogen-bond donors (Lipinski definition) is 1. The van der Waals surface area contributed by atoms with Crippen molar-refractivity contribution in [2.24, 2.45) is 5.92 Å². The van der Waals surface area contributed by atoms with E-state index in [1.54, 1.807) is 0 Å². The molecule has 98 valence electrons. The molecule has 3 heterocycles. The van der Waals surface area contributed by atoms with E-state index in [1.807, 2.05) is 12.1 Å². The molecule has 18 heavy (non-hydrogen) atoms. The molecule has 1 atom stereocenters. The first-order valence-electron chi connectivity index (χ1n) is 6.36. The van der Waals surface area contributed by atoms with Crippen molar-refractivity contribution in [1.82, 2.24) is 4.90 Å². The molecule has 1 aromatic carbocycles. The zero-order valence-corrected chi connectivity index (χ0v) is 11.5. The topological polar surface area (TPSA) is 23.5 Å². The fourth-order valence-electron chi connectivity index (χ4n) is 3.25. The van der Waals surface area contributed by atoms with Crippen LogP contribution in [0.15, 0.2) is 36.5 Å². The first-order chi connectivity index (χ1) is 8.12. The molecule has 0 aromatic heterocycles. The lowest BCUT2D eigenvalue weighted by Gasteiger charge is -2.53. The van der Waals surface area contributed by atoms with Crippen molar-refractivity contribution >= 4 is 12.4 Å². The van der Waals surface area contributed by atoms with Gasteiger partial charge in [-0.1, -0.05) is 36.4 Å². The second-order valence-electron chi connectivity index (χ2n) is 5.34. The molecule has 0 amide bonds. The summed E-state index contributed by atoms with van der Waals surface area (Å²) in [6, 6.07) is 8.22. The molecule has 3 aliphatic heterocycles. The summed E-state index contributed by atoms with van der Waals surface area (Å²) in [5, 5.41) is 11.1. The number of aliphatic hydroxyl groups is 1. The third-order valence-corrected chi connectivity index (χ3v) is 4.40. The lowest BCUT2D eigenvalue weighted by atomic mass is 9.69. The van der Waals surface area contributed by atoms with Gasteiger partial charge in [0.05, 0.1) is 0 Å². The van der Waals surface area contributed by atoms with Crippen molar-refractivity contribution in [3.63, 3.8) is 0 Å². The molecule has 0 aliphatic carbocycles. The molecule has 4 rings (SSSR count). The normalized spacial score (nSPS) is 30.2. The van der Waals surface area contributed by atoms with Crippen molar-refractivity contribution in [3.05, 3.63) is 47.7 Å². The van der Waals surface area contributed by atoms with Gasteiger partial charge in [-0.05, 0) is 25.3 Å². The first kappa shape index (κ1) is 13.4. The Balaban J connectivity index is 0.00000120. The molecule has 1 aromatic rings. The lowest BCUT2D eigenvalue weighted by molar-refractivity contribution is -0.0759. The largest absolute Gasteiger partial charge is 0.379 e. The van der Waals surface area contributed by atoms with E-state index in [0.29, 0.717) is 5.92 Å². The van der Waals surface area contributed by atoms with Crippen LogP contribution in [0.2, 0.25) is 0 Å². The van der Waals surface area contributed by atoms with Crippen LogP contribution in [-0.4, -0.2) is 23.1 Å². The van der Waals surface area contributed by atoms with Crippen LogP contribution in [0.3, 0.4) is 0 Å². The number of aryl methyl sites for hydroxylation is 1. The predicted octanol–water partition coefficient (Wildman–Crippen LogP) is 2.84. The van der Waals surface area contributed by atoms with Crippen molar-refractivity contribution in [3.8, 4) is 0 Å². The lowest BCUT2D eigenvalue weighted by Crippen LogP contribution is -2.54. The minimum absolute atomic E-state index is 0. The Bertz CT molecular complexity index is 448. The van der Waals surface area contributed by atoms with E-state index in [9.17, 15) is 5.11 Å². The molecule has 0 radical (unpaired) electrons. The molecule has 3 saturated heterocycles. The smallest absolute Gasteiger partial charge is 0.131 e. The van der Waals surface area contributed by atoms with E-state index in [0.717, 1.165) is 37.2 Å². The number of benzene rings is 1. The van der Waals surface area contributed by atoms with Crippen LogP contribution >= 0.6 is 12.4 Å². The Morgan fingerprint density at radius 2 is 1.78 bits per heavy atom. The Kier molecular flexibility index (Phi) is 3.43. The van der Waals surface area contributed by atoms with E-state index in [2.05, 4.69) is 30.5 Å². The number of rotatable bonds is 1. The van der Waals surface area contributed by atoms with Crippen molar-refractivity contribution in [2.45, 2.75) is 25.4 Å². The Labute approximate surface area is 115 Å². The maximum atomic E-state index is 11.1. The zero-order chi connectivity index (χ0) is 12.0. The standard InChI is InChI=1S/C15H19NO.ClH/c1-11-3-5-13(6-4-11)15(17)12(2)16-9-7-14(15)8-10-16;/h3-6,14,17H,2,7-10H2,1H3;1H. The quantitative estimate of drug-likeness (QED) is 0.844. The van der Waals surface area contributed by atoms with Crippen LogP contribution in [0, 0.1) is 12.8 Å². The summed E-state index contributed by atoms with van der Waals surface area (Å²) in [5.74, 6) is 0.336. The van der Waals surface area contributed by atoms with Crippen LogP contribution in [0.4, 0.5) is 0 Å². The van der Waals surface area contributed by atoms with E-state index in [4.69, 9.17) is 0 Å². The van der Waals surface area contributed by atoms with E-state index < -0.39 is 5.60 Å². The average molecular weight is 266 g/mol. The van der Waals surface area contributed by atoms with E-state index in [-0.39, 0.29) is 12.4 Å². The third-order valence-electron chi connectivity index (χ3n) is 4.40. The van der Waals surface area contributed by atoms with Crippen molar-refractivity contribution < 1.29 is 5.11 Å². The number of halogens is 1. The second-order valence-corrected chi connectivity index (χ2v) is 5.34. The fraction of sp³-hybridized carbons (Fsp3) is 0.467. The Morgan fingerprint density at radius 1 is 1.22 bits per heavy atom. The summed E-state index contributed by atoms with van der Waals surface area (Å²) in [6.45, 7) is 8.30. The molecule has 0 saturated carbocycles. The molecular formula is C15H20ClNO. The molecule has 2 nitrogen and oxygen atoms in total. The van der Waals surface area contributed by atoms with E-state index in [1.165, 1.54) is 5.56 Å². The summed E-state index contributed by atoms with van der Waals surface area (Å²) in [7, 11) is 0. The highest BCUT2D eigenvalue weighted by Crippen LogP contribution is 2.48. The maximum Gasteiger partial charge on any atom is 0.131 e. The number of nitrogens with zero attached hydrogens (tertiary/aromatic N) is 1. The van der Waals surface area contributed by atoms with E-state index >= 15 is 0 Å². The second kappa shape index (κ2) is 4.60. The summed E-state index contributed by atoms with van der Waals surface area (Å²) in [5.41, 5.74) is 2.29. The Morgan fingerprint density at radius 3 is 2.28 bits per heavy atom. The minimum Gasteiger partial charge on any atom is -0.379 e. The first-order valence-corrected chi connectivity index (χ1v) is 6.36. The summed E-state index contributed by atoms with van der Waals surface area (Å²) in [6.07, 6.45) is 2.15. The van der Waals surface area contributed by atoms with Gasteiger partial charge in [0, 0.05) is 24.7 Å². The highest BCUT2D eigenvalue weighted by molar-refractivity contribution is 5.85. The van der Waals surface area contributed by atoms with Crippen molar-refractivity contribution in [2.75, 3.05) is 13.1 Å². The molecule has 3 aliphatic rings. The van der Waals surface area contributed by atoms with Gasteiger partial charge in [-0.15, -0.1) is 12.4 Å². The van der Waals surface area contributed by atoms with Gasteiger partial charge in [0.15, 0.2) is 0 Å². The van der Waals surface area contributed by atoms with Crippen LogP contribution < -0.4 is 0 Å². The minimum atomic E-state index is -0.829. The number of fused-ring (bicyclic) bond motifs is 3. The molecular weight excluding hydrogens is 246 g/mol. The molecule has 3 fully saturated rings. The summed E-state index contributed by atoms with van der Waals surface area (Å²) < 4.78 is 0. The molecule has 1 N–H and O–H groups in total. The zero-order valence-electron chi connectivity index (χ0n) is 10.7. The maximum absolute atomic E-state index is 11.1. The van der Waals surface area contributed by atoms with Crippen molar-refractivity contribution in [1.29, 1.82) is 0 Å². The highest BCUT2D eigenvalue weighted by Gasteiger charge is 2.49. The molecule has 2 bridgehead atoms. The van der Waals surface area contributed by atoms with Crippen LogP contribution in [0.1, 0.15) is 24.0 Å². The van der Waals surface area contributed by atoms with Gasteiger partial charge < -0.3 is 10.0 Å². The fourth-order valence-corrected chi connectivity index (χ4v) is 3.25. The van der Waals surface area contributed by atoms with Gasteiger partial charge in [-0.2, -0.15) is 0 Å². The molecule has 0 spiro atoms. The highest BCUT2D eigenvalue weighted by atomic mass is 35.5. The molecule has 1 unspecified atom stereocenters. The molecule has 3 heteroatoms. The number of piperidine rings is 3. The van der Waals surface area contributed by atoms with Crippen LogP contribution in [0.25, 0.3) is 0 Å². The third kappa shape index (κ3) is 1.75. The summed E-state index contributed by atoms with van der Waals surface area (Å²) in [4.78, 5) is 2.24. The van der Waals surface area contributed by atoms with Gasteiger partial charge >= 0.3 is 0 Å². The SMILES string of the molecule is C=C1N2CCC(CC2)C1(O)c1ccc(C)cc1.Cl. The Hall–Kier alpha value is -0.990. The van der Waals surface area contributed by atoms with Crippen LogP contribution in [0.5, 0.6) is 0 Å². The van der Waals surface area contributed by atoms with Gasteiger partial charge in [-0.25, -0.2) is 0 Å². The monoisotopic (exact) mass is 265 g/mol. The van der Waals surface area contributed by atoms with Gasteiger partial charge in [0.1, 0.15) is 5.60 Å². The number of hydrogen-bond acceptors (Lipinski definition) is 2. The van der Waals surface area contributed by atoms with Gasteiger partial charge in [-0.3, -0.25) is 0 Å². The predicted molar refractivity (Wildman–Crippen MR) is 75.8 cm³/mol. The van der Waals surface area contributed by atoms with Crippen LogP contribution in [-0.2, 0) is 5.60 Å².